The lowest BCUT2D eigenvalue weighted by Crippen LogP contribution is -1.97. The van der Waals surface area contributed by atoms with E-state index in [1.165, 1.54) is 5.56 Å². The van der Waals surface area contributed by atoms with Crippen molar-refractivity contribution >= 4 is 0 Å². The Morgan fingerprint density at radius 3 is 2.15 bits per heavy atom. The van der Waals surface area contributed by atoms with Gasteiger partial charge in [0.05, 0.1) is 21.3 Å². The molecule has 0 unspecified atom stereocenters. The van der Waals surface area contributed by atoms with Crippen LogP contribution in [0.1, 0.15) is 11.1 Å². The Hall–Kier alpha value is -2.16. The van der Waals surface area contributed by atoms with Crippen LogP contribution in [-0.4, -0.2) is 21.3 Å². The normalized spacial score (nSPS) is 10.2. The SMILES string of the molecule is COc1ccc(CCc2[c]cc(OC)cc2OC)cc1. The number of aryl methyl sites for hydroxylation is 2. The second kappa shape index (κ2) is 6.85. The van der Waals surface area contributed by atoms with Gasteiger partial charge in [-0.2, -0.15) is 0 Å². The molecule has 0 fully saturated rings. The second-order valence-corrected chi connectivity index (χ2v) is 4.43. The first-order valence-electron chi connectivity index (χ1n) is 6.52. The molecule has 0 spiro atoms. The van der Waals surface area contributed by atoms with E-state index in [9.17, 15) is 0 Å². The van der Waals surface area contributed by atoms with Gasteiger partial charge in [-0.1, -0.05) is 12.1 Å². The minimum Gasteiger partial charge on any atom is -0.497 e. The molecule has 0 saturated carbocycles. The van der Waals surface area contributed by atoms with Crippen LogP contribution in [0.15, 0.2) is 36.4 Å². The third-order valence-corrected chi connectivity index (χ3v) is 3.24. The Labute approximate surface area is 120 Å². The molecule has 0 atom stereocenters. The topological polar surface area (TPSA) is 27.7 Å². The largest absolute Gasteiger partial charge is 0.497 e. The van der Waals surface area contributed by atoms with E-state index in [-0.39, 0.29) is 0 Å². The van der Waals surface area contributed by atoms with Crippen LogP contribution in [0.5, 0.6) is 17.2 Å². The number of rotatable bonds is 6. The van der Waals surface area contributed by atoms with E-state index in [0.717, 1.165) is 35.7 Å². The highest BCUT2D eigenvalue weighted by atomic mass is 16.5. The lowest BCUT2D eigenvalue weighted by Gasteiger charge is -2.10. The Balaban J connectivity index is 2.05. The predicted molar refractivity (Wildman–Crippen MR) is 78.8 cm³/mol. The molecular formula is C17H19O3. The summed E-state index contributed by atoms with van der Waals surface area (Å²) in [6.45, 7) is 0. The van der Waals surface area contributed by atoms with Crippen LogP contribution in [0, 0.1) is 6.07 Å². The highest BCUT2D eigenvalue weighted by Gasteiger charge is 2.06. The quantitative estimate of drug-likeness (QED) is 0.807. The summed E-state index contributed by atoms with van der Waals surface area (Å²) in [6, 6.07) is 15.1. The summed E-state index contributed by atoms with van der Waals surface area (Å²) in [7, 11) is 4.98. The van der Waals surface area contributed by atoms with E-state index < -0.39 is 0 Å². The molecule has 3 heteroatoms. The van der Waals surface area contributed by atoms with E-state index in [1.54, 1.807) is 21.3 Å². The van der Waals surface area contributed by atoms with E-state index in [4.69, 9.17) is 14.2 Å². The average Bonchev–Trinajstić information content (AvgIpc) is 2.53. The van der Waals surface area contributed by atoms with Crippen LogP contribution < -0.4 is 14.2 Å². The third kappa shape index (κ3) is 3.44. The minimum absolute atomic E-state index is 0.759. The molecule has 20 heavy (non-hydrogen) atoms. The summed E-state index contributed by atoms with van der Waals surface area (Å²) in [5, 5.41) is 0. The van der Waals surface area contributed by atoms with Gasteiger partial charge in [0.25, 0.3) is 0 Å². The van der Waals surface area contributed by atoms with Gasteiger partial charge in [0.2, 0.25) is 0 Å². The predicted octanol–water partition coefficient (Wildman–Crippen LogP) is 3.30. The number of benzene rings is 2. The Morgan fingerprint density at radius 1 is 0.850 bits per heavy atom. The standard InChI is InChI=1S/C17H19O3/c1-18-15-9-5-13(6-10-15)4-7-14-8-11-16(19-2)12-17(14)20-3/h5-6,9-12H,4,7H2,1-3H3. The second-order valence-electron chi connectivity index (χ2n) is 4.43. The van der Waals surface area contributed by atoms with Crippen LogP contribution in [0.2, 0.25) is 0 Å². The average molecular weight is 271 g/mol. The van der Waals surface area contributed by atoms with Gasteiger partial charge in [0.15, 0.2) is 0 Å². The molecule has 3 nitrogen and oxygen atoms in total. The molecule has 105 valence electrons. The van der Waals surface area contributed by atoms with Gasteiger partial charge in [-0.25, -0.2) is 0 Å². The lowest BCUT2D eigenvalue weighted by molar-refractivity contribution is 0.390. The van der Waals surface area contributed by atoms with E-state index in [0.29, 0.717) is 0 Å². The molecule has 0 N–H and O–H groups in total. The third-order valence-electron chi connectivity index (χ3n) is 3.24. The number of ether oxygens (including phenoxy) is 3. The molecule has 2 aromatic rings. The zero-order chi connectivity index (χ0) is 14.4. The lowest BCUT2D eigenvalue weighted by atomic mass is 10.0. The monoisotopic (exact) mass is 271 g/mol. The van der Waals surface area contributed by atoms with Crippen molar-refractivity contribution in [3.63, 3.8) is 0 Å². The van der Waals surface area contributed by atoms with E-state index in [1.807, 2.05) is 24.3 Å². The van der Waals surface area contributed by atoms with Crippen LogP contribution in [0.4, 0.5) is 0 Å². The summed E-state index contributed by atoms with van der Waals surface area (Å²) >= 11 is 0. The van der Waals surface area contributed by atoms with Crippen molar-refractivity contribution in [2.45, 2.75) is 12.8 Å². The molecule has 0 saturated heterocycles. The van der Waals surface area contributed by atoms with Gasteiger partial charge in [0, 0.05) is 11.6 Å². The van der Waals surface area contributed by atoms with Gasteiger partial charge in [-0.15, -0.1) is 0 Å². The smallest absolute Gasteiger partial charge is 0.126 e. The number of hydrogen-bond acceptors (Lipinski definition) is 3. The Bertz CT molecular complexity index is 547. The molecule has 0 aliphatic rings. The van der Waals surface area contributed by atoms with Crippen molar-refractivity contribution in [3.8, 4) is 17.2 Å². The van der Waals surface area contributed by atoms with Crippen LogP contribution in [-0.2, 0) is 12.8 Å². The fraction of sp³-hybridized carbons (Fsp3) is 0.294. The van der Waals surface area contributed by atoms with Crippen LogP contribution >= 0.6 is 0 Å². The maximum absolute atomic E-state index is 5.38. The Kier molecular flexibility index (Phi) is 4.88. The summed E-state index contributed by atoms with van der Waals surface area (Å²) < 4.78 is 15.7. The fourth-order valence-corrected chi connectivity index (χ4v) is 2.04. The summed E-state index contributed by atoms with van der Waals surface area (Å²) in [4.78, 5) is 0. The van der Waals surface area contributed by atoms with Crippen LogP contribution in [0.3, 0.4) is 0 Å². The van der Waals surface area contributed by atoms with Crippen molar-refractivity contribution in [2.24, 2.45) is 0 Å². The van der Waals surface area contributed by atoms with Gasteiger partial charge in [-0.3, -0.25) is 0 Å². The maximum Gasteiger partial charge on any atom is 0.126 e. The maximum atomic E-state index is 5.38. The first-order chi connectivity index (χ1) is 9.76. The van der Waals surface area contributed by atoms with E-state index in [2.05, 4.69) is 18.2 Å². The molecule has 0 aliphatic heterocycles. The highest BCUT2D eigenvalue weighted by molar-refractivity contribution is 5.40. The molecule has 0 bridgehead atoms. The van der Waals surface area contributed by atoms with Crippen molar-refractivity contribution < 1.29 is 14.2 Å². The van der Waals surface area contributed by atoms with Gasteiger partial charge >= 0.3 is 0 Å². The van der Waals surface area contributed by atoms with Crippen molar-refractivity contribution in [1.29, 1.82) is 0 Å². The molecular weight excluding hydrogens is 252 g/mol. The van der Waals surface area contributed by atoms with E-state index >= 15 is 0 Å². The fourth-order valence-electron chi connectivity index (χ4n) is 2.04. The van der Waals surface area contributed by atoms with Crippen LogP contribution in [0.25, 0.3) is 0 Å². The van der Waals surface area contributed by atoms with Crippen molar-refractivity contribution in [1.82, 2.24) is 0 Å². The highest BCUT2D eigenvalue weighted by Crippen LogP contribution is 2.25. The molecule has 0 amide bonds. The number of hydrogen-bond donors (Lipinski definition) is 0. The van der Waals surface area contributed by atoms with Gasteiger partial charge in [0.1, 0.15) is 17.2 Å². The summed E-state index contributed by atoms with van der Waals surface area (Å²) in [5.74, 6) is 2.45. The van der Waals surface area contributed by atoms with Crippen molar-refractivity contribution in [3.05, 3.63) is 53.6 Å². The molecule has 1 radical (unpaired) electrons. The first kappa shape index (κ1) is 14.3. The molecule has 2 aromatic carbocycles. The zero-order valence-electron chi connectivity index (χ0n) is 12.1. The number of methoxy groups -OCH3 is 3. The molecule has 2 rings (SSSR count). The van der Waals surface area contributed by atoms with Crippen molar-refractivity contribution in [2.75, 3.05) is 21.3 Å². The Morgan fingerprint density at radius 2 is 1.55 bits per heavy atom. The van der Waals surface area contributed by atoms with Gasteiger partial charge in [-0.05, 0) is 42.7 Å². The molecule has 0 aromatic heterocycles. The zero-order valence-corrected chi connectivity index (χ0v) is 12.1. The minimum atomic E-state index is 0.759. The summed E-state index contributed by atoms with van der Waals surface area (Å²) in [5.41, 5.74) is 2.32. The molecule has 0 aliphatic carbocycles. The first-order valence-corrected chi connectivity index (χ1v) is 6.52. The summed E-state index contributed by atoms with van der Waals surface area (Å²) in [6.07, 6.45) is 1.81. The van der Waals surface area contributed by atoms with Gasteiger partial charge < -0.3 is 14.2 Å². The molecule has 0 heterocycles.